The average Bonchev–Trinajstić information content (AvgIpc) is 2.39. The summed E-state index contributed by atoms with van der Waals surface area (Å²) >= 11 is 0. The Morgan fingerprint density at radius 1 is 1.20 bits per heavy atom. The van der Waals surface area contributed by atoms with Gasteiger partial charge in [-0.25, -0.2) is 0 Å². The summed E-state index contributed by atoms with van der Waals surface area (Å²) in [5.41, 5.74) is 8.23. The molecule has 4 N–H and O–H groups in total. The van der Waals surface area contributed by atoms with Crippen LogP contribution in [0, 0.1) is 11.8 Å². The SMILES string of the molecule is CNC(=O)c1ccc(NC2CC(C)CC(C)C2)c(N)c1. The van der Waals surface area contributed by atoms with Crippen molar-refractivity contribution in [1.29, 1.82) is 0 Å². The number of anilines is 2. The van der Waals surface area contributed by atoms with E-state index in [1.165, 1.54) is 19.3 Å². The molecule has 2 unspecified atom stereocenters. The lowest BCUT2D eigenvalue weighted by Crippen LogP contribution is -2.30. The van der Waals surface area contributed by atoms with Gasteiger partial charge in [0.05, 0.1) is 11.4 Å². The van der Waals surface area contributed by atoms with Gasteiger partial charge in [-0.05, 0) is 49.3 Å². The maximum atomic E-state index is 11.6. The molecule has 0 aliphatic heterocycles. The van der Waals surface area contributed by atoms with Crippen molar-refractivity contribution in [3.05, 3.63) is 23.8 Å². The third-order valence-corrected chi connectivity index (χ3v) is 4.08. The molecule has 0 aromatic heterocycles. The van der Waals surface area contributed by atoms with Crippen LogP contribution in [0.15, 0.2) is 18.2 Å². The van der Waals surface area contributed by atoms with Crippen LogP contribution < -0.4 is 16.4 Å². The first-order valence-electron chi connectivity index (χ1n) is 7.37. The lowest BCUT2D eigenvalue weighted by Gasteiger charge is -2.33. The predicted molar refractivity (Wildman–Crippen MR) is 83.8 cm³/mol. The highest BCUT2D eigenvalue weighted by Crippen LogP contribution is 2.31. The van der Waals surface area contributed by atoms with E-state index in [0.717, 1.165) is 17.5 Å². The van der Waals surface area contributed by atoms with E-state index in [4.69, 9.17) is 5.73 Å². The first kappa shape index (κ1) is 14.7. The summed E-state index contributed by atoms with van der Waals surface area (Å²) in [7, 11) is 1.62. The van der Waals surface area contributed by atoms with E-state index in [9.17, 15) is 4.79 Å². The molecule has 2 rings (SSSR count). The van der Waals surface area contributed by atoms with Gasteiger partial charge in [0.2, 0.25) is 0 Å². The zero-order chi connectivity index (χ0) is 14.7. The number of nitrogens with one attached hydrogen (secondary N) is 2. The molecule has 110 valence electrons. The van der Waals surface area contributed by atoms with Crippen molar-refractivity contribution < 1.29 is 4.79 Å². The lowest BCUT2D eigenvalue weighted by molar-refractivity contribution is 0.0963. The summed E-state index contributed by atoms with van der Waals surface area (Å²) in [5, 5.41) is 6.14. The minimum Gasteiger partial charge on any atom is -0.397 e. The number of carbonyl (C=O) groups is 1. The molecule has 1 saturated carbocycles. The largest absolute Gasteiger partial charge is 0.397 e. The first-order valence-corrected chi connectivity index (χ1v) is 7.37. The summed E-state index contributed by atoms with van der Waals surface area (Å²) in [6, 6.07) is 5.93. The number of nitrogen functional groups attached to an aromatic ring is 1. The van der Waals surface area contributed by atoms with Gasteiger partial charge >= 0.3 is 0 Å². The van der Waals surface area contributed by atoms with E-state index in [2.05, 4.69) is 24.5 Å². The van der Waals surface area contributed by atoms with E-state index in [1.54, 1.807) is 13.1 Å². The van der Waals surface area contributed by atoms with Gasteiger partial charge in [0.1, 0.15) is 0 Å². The van der Waals surface area contributed by atoms with E-state index < -0.39 is 0 Å². The van der Waals surface area contributed by atoms with Gasteiger partial charge in [0.25, 0.3) is 5.91 Å². The molecule has 1 aliphatic carbocycles. The molecule has 1 aromatic carbocycles. The molecule has 1 amide bonds. The van der Waals surface area contributed by atoms with Crippen LogP contribution >= 0.6 is 0 Å². The smallest absolute Gasteiger partial charge is 0.251 e. The fourth-order valence-electron chi connectivity index (χ4n) is 3.26. The average molecular weight is 275 g/mol. The monoisotopic (exact) mass is 275 g/mol. The number of rotatable bonds is 3. The highest BCUT2D eigenvalue weighted by atomic mass is 16.1. The van der Waals surface area contributed by atoms with Crippen LogP contribution in [-0.4, -0.2) is 19.0 Å². The summed E-state index contributed by atoms with van der Waals surface area (Å²) in [5.74, 6) is 1.40. The molecule has 1 aromatic rings. The number of hydrogen-bond acceptors (Lipinski definition) is 3. The third kappa shape index (κ3) is 3.44. The summed E-state index contributed by atoms with van der Waals surface area (Å²) in [4.78, 5) is 11.6. The number of benzene rings is 1. The molecule has 0 heterocycles. The summed E-state index contributed by atoms with van der Waals surface area (Å²) in [6.07, 6.45) is 3.67. The minimum atomic E-state index is -0.108. The normalized spacial score (nSPS) is 26.1. The molecular formula is C16H25N3O. The van der Waals surface area contributed by atoms with Gasteiger partial charge in [-0.2, -0.15) is 0 Å². The Labute approximate surface area is 121 Å². The van der Waals surface area contributed by atoms with Crippen LogP contribution in [0.3, 0.4) is 0 Å². The van der Waals surface area contributed by atoms with Crippen LogP contribution in [-0.2, 0) is 0 Å². The van der Waals surface area contributed by atoms with Crippen molar-refractivity contribution in [1.82, 2.24) is 5.32 Å². The zero-order valence-corrected chi connectivity index (χ0v) is 12.6. The summed E-state index contributed by atoms with van der Waals surface area (Å²) in [6.45, 7) is 4.62. The molecule has 4 nitrogen and oxygen atoms in total. The molecule has 0 bridgehead atoms. The molecule has 20 heavy (non-hydrogen) atoms. The van der Waals surface area contributed by atoms with Crippen LogP contribution in [0.4, 0.5) is 11.4 Å². The summed E-state index contributed by atoms with van der Waals surface area (Å²) < 4.78 is 0. The Morgan fingerprint density at radius 3 is 2.40 bits per heavy atom. The van der Waals surface area contributed by atoms with E-state index in [0.29, 0.717) is 17.3 Å². The fraction of sp³-hybridized carbons (Fsp3) is 0.562. The molecule has 0 spiro atoms. The van der Waals surface area contributed by atoms with Crippen LogP contribution in [0.2, 0.25) is 0 Å². The van der Waals surface area contributed by atoms with Gasteiger partial charge in [-0.15, -0.1) is 0 Å². The van der Waals surface area contributed by atoms with Gasteiger partial charge < -0.3 is 16.4 Å². The Balaban J connectivity index is 2.08. The molecule has 1 fully saturated rings. The number of carbonyl (C=O) groups excluding carboxylic acids is 1. The topological polar surface area (TPSA) is 67.2 Å². The van der Waals surface area contributed by atoms with E-state index in [1.807, 2.05) is 12.1 Å². The van der Waals surface area contributed by atoms with Gasteiger partial charge in [-0.1, -0.05) is 13.8 Å². The quantitative estimate of drug-likeness (QED) is 0.743. The van der Waals surface area contributed by atoms with Crippen LogP contribution in [0.1, 0.15) is 43.5 Å². The number of hydrogen-bond donors (Lipinski definition) is 3. The Hall–Kier alpha value is -1.71. The van der Waals surface area contributed by atoms with Gasteiger partial charge in [0, 0.05) is 18.7 Å². The highest BCUT2D eigenvalue weighted by molar-refractivity contribution is 5.95. The van der Waals surface area contributed by atoms with Crippen LogP contribution in [0.5, 0.6) is 0 Å². The van der Waals surface area contributed by atoms with Gasteiger partial charge in [0.15, 0.2) is 0 Å². The molecule has 1 aliphatic rings. The van der Waals surface area contributed by atoms with Crippen molar-refractivity contribution in [2.24, 2.45) is 11.8 Å². The van der Waals surface area contributed by atoms with Crippen molar-refractivity contribution in [2.75, 3.05) is 18.1 Å². The second kappa shape index (κ2) is 6.16. The second-order valence-electron chi connectivity index (χ2n) is 6.14. The van der Waals surface area contributed by atoms with Crippen molar-refractivity contribution >= 4 is 17.3 Å². The van der Waals surface area contributed by atoms with Gasteiger partial charge in [-0.3, -0.25) is 4.79 Å². The van der Waals surface area contributed by atoms with Crippen molar-refractivity contribution in [2.45, 2.75) is 39.2 Å². The van der Waals surface area contributed by atoms with Crippen LogP contribution in [0.25, 0.3) is 0 Å². The predicted octanol–water partition coefficient (Wildman–Crippen LogP) is 2.87. The molecule has 0 radical (unpaired) electrons. The maximum absolute atomic E-state index is 11.6. The number of nitrogens with two attached hydrogens (primary N) is 1. The minimum absolute atomic E-state index is 0.108. The maximum Gasteiger partial charge on any atom is 0.251 e. The van der Waals surface area contributed by atoms with E-state index >= 15 is 0 Å². The molecule has 0 saturated heterocycles. The standard InChI is InChI=1S/C16H25N3O/c1-10-6-11(2)8-13(7-10)19-15-5-4-12(9-14(15)17)16(20)18-3/h4-5,9-11,13,19H,6-8,17H2,1-3H3,(H,18,20). The Kier molecular flexibility index (Phi) is 4.53. The molecule has 2 atom stereocenters. The van der Waals surface area contributed by atoms with Crippen molar-refractivity contribution in [3.63, 3.8) is 0 Å². The molecule has 4 heteroatoms. The Morgan fingerprint density at radius 2 is 1.85 bits per heavy atom. The van der Waals surface area contributed by atoms with Crippen molar-refractivity contribution in [3.8, 4) is 0 Å². The fourth-order valence-corrected chi connectivity index (χ4v) is 3.26. The van der Waals surface area contributed by atoms with E-state index in [-0.39, 0.29) is 5.91 Å². The lowest BCUT2D eigenvalue weighted by atomic mass is 9.80. The Bertz CT molecular complexity index is 477. The zero-order valence-electron chi connectivity index (χ0n) is 12.6. The first-order chi connectivity index (χ1) is 9.49. The molecular weight excluding hydrogens is 250 g/mol. The number of amides is 1. The second-order valence-corrected chi connectivity index (χ2v) is 6.14. The highest BCUT2D eigenvalue weighted by Gasteiger charge is 2.24. The third-order valence-electron chi connectivity index (χ3n) is 4.08.